The molecule has 6 nitrogen and oxygen atoms in total. The number of nitrogens with one attached hydrogen (secondary N) is 2. The third-order valence-corrected chi connectivity index (χ3v) is 5.26. The van der Waals surface area contributed by atoms with E-state index in [0.717, 1.165) is 28.0 Å². The first-order chi connectivity index (χ1) is 11.5. The van der Waals surface area contributed by atoms with E-state index < -0.39 is 0 Å². The quantitative estimate of drug-likeness (QED) is 0.692. The van der Waals surface area contributed by atoms with Gasteiger partial charge in [0.05, 0.1) is 18.0 Å². The summed E-state index contributed by atoms with van der Waals surface area (Å²) in [5.41, 5.74) is 1.74. The summed E-state index contributed by atoms with van der Waals surface area (Å²) in [4.78, 5) is 12.4. The number of nitrogens with zero attached hydrogens (tertiary/aromatic N) is 2. The summed E-state index contributed by atoms with van der Waals surface area (Å²) in [6, 6.07) is 5.68. The molecule has 0 aliphatic heterocycles. The van der Waals surface area contributed by atoms with Gasteiger partial charge in [-0.15, -0.1) is 10.2 Å². The van der Waals surface area contributed by atoms with Crippen molar-refractivity contribution in [2.45, 2.75) is 36.8 Å². The summed E-state index contributed by atoms with van der Waals surface area (Å²) in [6.07, 6.45) is 1.03. The molecule has 0 fully saturated rings. The van der Waals surface area contributed by atoms with Crippen LogP contribution in [-0.4, -0.2) is 35.0 Å². The molecule has 1 aromatic carbocycles. The molecule has 0 saturated heterocycles. The number of hydrogen-bond acceptors (Lipinski definition) is 7. The topological polar surface area (TPSA) is 76.1 Å². The number of amides is 1. The molecular formula is C16H22N4O2S2. The first-order valence-electron chi connectivity index (χ1n) is 7.73. The van der Waals surface area contributed by atoms with Gasteiger partial charge in [-0.2, -0.15) is 0 Å². The smallest absolute Gasteiger partial charge is 0.237 e. The lowest BCUT2D eigenvalue weighted by Gasteiger charge is -2.13. The minimum atomic E-state index is -0.290. The van der Waals surface area contributed by atoms with Gasteiger partial charge in [0.25, 0.3) is 0 Å². The van der Waals surface area contributed by atoms with Crippen molar-refractivity contribution >= 4 is 39.8 Å². The molecule has 2 N–H and O–H groups in total. The standard InChI is InChI=1S/C16H22N4O2S2/c1-5-8-17-15-19-20-16(24-15)23-11(3)14(21)18-12-9-10(2)6-7-13(12)22-4/h6-7,9,11H,5,8H2,1-4H3,(H,17,19)(H,18,21)/t11-/m0/s1. The highest BCUT2D eigenvalue weighted by atomic mass is 32.2. The van der Waals surface area contributed by atoms with Gasteiger partial charge in [0.15, 0.2) is 4.34 Å². The van der Waals surface area contributed by atoms with Crippen molar-refractivity contribution in [2.24, 2.45) is 0 Å². The number of carbonyl (C=O) groups excluding carboxylic acids is 1. The Kier molecular flexibility index (Phi) is 6.86. The van der Waals surface area contributed by atoms with Crippen molar-refractivity contribution in [1.29, 1.82) is 0 Å². The van der Waals surface area contributed by atoms with E-state index >= 15 is 0 Å². The summed E-state index contributed by atoms with van der Waals surface area (Å²) in [5, 5.41) is 14.8. The van der Waals surface area contributed by atoms with Crippen molar-refractivity contribution in [2.75, 3.05) is 24.3 Å². The van der Waals surface area contributed by atoms with Crippen molar-refractivity contribution in [3.05, 3.63) is 23.8 Å². The lowest BCUT2D eigenvalue weighted by atomic mass is 10.2. The van der Waals surface area contributed by atoms with Gasteiger partial charge in [0, 0.05) is 6.54 Å². The number of carbonyl (C=O) groups is 1. The van der Waals surface area contributed by atoms with Gasteiger partial charge in [-0.25, -0.2) is 0 Å². The Bertz CT molecular complexity index is 690. The maximum absolute atomic E-state index is 12.4. The van der Waals surface area contributed by atoms with Crippen LogP contribution in [0.2, 0.25) is 0 Å². The third-order valence-electron chi connectivity index (χ3n) is 3.19. The monoisotopic (exact) mass is 366 g/mol. The Morgan fingerprint density at radius 2 is 2.21 bits per heavy atom. The van der Waals surface area contributed by atoms with Crippen LogP contribution < -0.4 is 15.4 Å². The number of thioether (sulfide) groups is 1. The van der Waals surface area contributed by atoms with Crippen molar-refractivity contribution < 1.29 is 9.53 Å². The van der Waals surface area contributed by atoms with Crippen LogP contribution in [0.15, 0.2) is 22.5 Å². The van der Waals surface area contributed by atoms with Crippen LogP contribution in [0.3, 0.4) is 0 Å². The molecule has 0 aliphatic rings. The molecule has 24 heavy (non-hydrogen) atoms. The number of hydrogen-bond donors (Lipinski definition) is 2. The highest BCUT2D eigenvalue weighted by Crippen LogP contribution is 2.31. The van der Waals surface area contributed by atoms with Crippen LogP contribution in [0.5, 0.6) is 5.75 Å². The third kappa shape index (κ3) is 5.10. The Balaban J connectivity index is 1.97. The molecule has 1 atom stereocenters. The first-order valence-corrected chi connectivity index (χ1v) is 9.42. The van der Waals surface area contributed by atoms with Gasteiger partial charge < -0.3 is 15.4 Å². The van der Waals surface area contributed by atoms with Gasteiger partial charge in [-0.1, -0.05) is 36.1 Å². The van der Waals surface area contributed by atoms with E-state index in [9.17, 15) is 4.79 Å². The summed E-state index contributed by atoms with van der Waals surface area (Å²) < 4.78 is 6.06. The fraction of sp³-hybridized carbons (Fsp3) is 0.438. The molecule has 0 spiro atoms. The maximum Gasteiger partial charge on any atom is 0.237 e. The number of benzene rings is 1. The van der Waals surface area contributed by atoms with Crippen LogP contribution >= 0.6 is 23.1 Å². The van der Waals surface area contributed by atoms with Crippen LogP contribution in [0, 0.1) is 6.92 Å². The molecular weight excluding hydrogens is 344 g/mol. The Morgan fingerprint density at radius 1 is 1.42 bits per heavy atom. The van der Waals surface area contributed by atoms with E-state index in [2.05, 4.69) is 27.8 Å². The molecule has 2 rings (SSSR count). The molecule has 130 valence electrons. The van der Waals surface area contributed by atoms with Crippen LogP contribution in [0.25, 0.3) is 0 Å². The Labute approximate surface area is 150 Å². The van der Waals surface area contributed by atoms with E-state index in [0.29, 0.717) is 11.4 Å². The van der Waals surface area contributed by atoms with Crippen molar-refractivity contribution in [1.82, 2.24) is 10.2 Å². The second-order valence-electron chi connectivity index (χ2n) is 5.25. The lowest BCUT2D eigenvalue weighted by Crippen LogP contribution is -2.22. The van der Waals surface area contributed by atoms with Crippen molar-refractivity contribution in [3.8, 4) is 5.75 Å². The van der Waals surface area contributed by atoms with Gasteiger partial charge in [0.1, 0.15) is 5.75 Å². The SMILES string of the molecule is CCCNc1nnc(S[C@@H](C)C(=O)Nc2cc(C)ccc2OC)s1. The zero-order chi connectivity index (χ0) is 17.5. The van der Waals surface area contributed by atoms with Crippen molar-refractivity contribution in [3.63, 3.8) is 0 Å². The minimum Gasteiger partial charge on any atom is -0.495 e. The zero-order valence-corrected chi connectivity index (χ0v) is 15.9. The molecule has 1 amide bonds. The molecule has 1 heterocycles. The lowest BCUT2D eigenvalue weighted by molar-refractivity contribution is -0.115. The van der Waals surface area contributed by atoms with Crippen LogP contribution in [0.1, 0.15) is 25.8 Å². The van der Waals surface area contributed by atoms with Gasteiger partial charge in [-0.05, 0) is 38.0 Å². The zero-order valence-electron chi connectivity index (χ0n) is 14.3. The minimum absolute atomic E-state index is 0.0952. The fourth-order valence-corrected chi connectivity index (χ4v) is 3.84. The number of rotatable bonds is 8. The largest absolute Gasteiger partial charge is 0.495 e. The average molecular weight is 367 g/mol. The number of methoxy groups -OCH3 is 1. The number of aromatic nitrogens is 2. The van der Waals surface area contributed by atoms with E-state index in [1.807, 2.05) is 32.0 Å². The second kappa shape index (κ2) is 8.89. The maximum atomic E-state index is 12.4. The van der Waals surface area contributed by atoms with Gasteiger partial charge in [0.2, 0.25) is 11.0 Å². The van der Waals surface area contributed by atoms with Gasteiger partial charge >= 0.3 is 0 Å². The highest BCUT2D eigenvalue weighted by molar-refractivity contribution is 8.02. The Morgan fingerprint density at radius 3 is 2.92 bits per heavy atom. The molecule has 0 unspecified atom stereocenters. The summed E-state index contributed by atoms with van der Waals surface area (Å²) in [6.45, 7) is 6.78. The van der Waals surface area contributed by atoms with Crippen LogP contribution in [-0.2, 0) is 4.79 Å². The molecule has 0 bridgehead atoms. The molecule has 0 radical (unpaired) electrons. The molecule has 8 heteroatoms. The second-order valence-corrected chi connectivity index (χ2v) is 7.82. The number of ether oxygens (including phenoxy) is 1. The predicted molar refractivity (Wildman–Crippen MR) is 100 cm³/mol. The summed E-state index contributed by atoms with van der Waals surface area (Å²) >= 11 is 2.85. The molecule has 1 aromatic heterocycles. The number of aryl methyl sites for hydroxylation is 1. The molecule has 2 aromatic rings. The van der Waals surface area contributed by atoms with E-state index in [1.54, 1.807) is 7.11 Å². The van der Waals surface area contributed by atoms with Gasteiger partial charge in [-0.3, -0.25) is 4.79 Å². The summed E-state index contributed by atoms with van der Waals surface area (Å²) in [7, 11) is 1.59. The number of anilines is 2. The van der Waals surface area contributed by atoms with Crippen LogP contribution in [0.4, 0.5) is 10.8 Å². The highest BCUT2D eigenvalue weighted by Gasteiger charge is 2.18. The average Bonchev–Trinajstić information content (AvgIpc) is 3.00. The molecule has 0 aliphatic carbocycles. The predicted octanol–water partition coefficient (Wildman–Crippen LogP) is 3.80. The Hall–Kier alpha value is -1.80. The van der Waals surface area contributed by atoms with E-state index in [1.165, 1.54) is 23.1 Å². The normalized spacial score (nSPS) is 11.8. The first kappa shape index (κ1) is 18.5. The van der Waals surface area contributed by atoms with E-state index in [4.69, 9.17) is 4.74 Å². The molecule has 0 saturated carbocycles. The van der Waals surface area contributed by atoms with E-state index in [-0.39, 0.29) is 11.2 Å². The fourth-order valence-electron chi connectivity index (χ4n) is 1.92. The summed E-state index contributed by atoms with van der Waals surface area (Å²) in [5.74, 6) is 0.551.